The first-order valence-electron chi connectivity index (χ1n) is 8.59. The Morgan fingerprint density at radius 1 is 1.33 bits per heavy atom. The fourth-order valence-corrected chi connectivity index (χ4v) is 5.74. The van der Waals surface area contributed by atoms with Crippen LogP contribution in [0.5, 0.6) is 5.75 Å². The number of imidazole rings is 1. The Labute approximate surface area is 163 Å². The molecule has 1 unspecified atom stereocenters. The molecule has 140 valence electrons. The van der Waals surface area contributed by atoms with Crippen LogP contribution < -0.4 is 4.74 Å². The van der Waals surface area contributed by atoms with Gasteiger partial charge in [0.25, 0.3) is 0 Å². The van der Waals surface area contributed by atoms with Gasteiger partial charge >= 0.3 is 6.61 Å². The molecule has 4 nitrogen and oxygen atoms in total. The molecule has 3 atom stereocenters. The number of hydrogen-bond donors (Lipinski definition) is 1. The number of halogens is 3. The molecule has 0 amide bonds. The van der Waals surface area contributed by atoms with Gasteiger partial charge in [0.05, 0.1) is 23.7 Å². The molecule has 0 spiro atoms. The van der Waals surface area contributed by atoms with E-state index in [2.05, 4.69) is 4.57 Å². The number of rotatable bonds is 3. The standard InChI is InChI=1S/C19H15ClF2N2O2S/c20-9-4-5-11-12(6-9)24-13-7-10(18(24)23-11)16(8-25)27-15-3-1-2-14(17(13)15)26-19(21)22/h1-6,10,13,16,19,25H,7-8H2/t10-,13-,16?/m1/s1. The number of aliphatic hydroxyl groups is 1. The molecule has 3 heterocycles. The first kappa shape index (κ1) is 17.3. The maximum Gasteiger partial charge on any atom is 0.387 e. The second-order valence-electron chi connectivity index (χ2n) is 6.72. The number of hydrogen-bond acceptors (Lipinski definition) is 4. The number of aliphatic hydroxyl groups excluding tert-OH is 1. The van der Waals surface area contributed by atoms with Crippen LogP contribution in [0.15, 0.2) is 41.3 Å². The summed E-state index contributed by atoms with van der Waals surface area (Å²) in [7, 11) is 0. The van der Waals surface area contributed by atoms with E-state index in [1.807, 2.05) is 18.2 Å². The van der Waals surface area contributed by atoms with Crippen molar-refractivity contribution >= 4 is 34.4 Å². The second kappa shape index (κ2) is 6.36. The van der Waals surface area contributed by atoms with Crippen molar-refractivity contribution in [3.63, 3.8) is 0 Å². The number of ether oxygens (including phenoxy) is 1. The Hall–Kier alpha value is -1.83. The molecule has 1 aromatic heterocycles. The topological polar surface area (TPSA) is 47.3 Å². The monoisotopic (exact) mass is 408 g/mol. The normalized spacial score (nSPS) is 23.4. The maximum absolute atomic E-state index is 13.0. The van der Waals surface area contributed by atoms with E-state index in [-0.39, 0.29) is 29.6 Å². The minimum Gasteiger partial charge on any atom is -0.434 e. The van der Waals surface area contributed by atoms with Crippen LogP contribution in [-0.4, -0.2) is 33.1 Å². The molecule has 2 aromatic carbocycles. The quantitative estimate of drug-likeness (QED) is 0.674. The van der Waals surface area contributed by atoms with Crippen LogP contribution in [0.2, 0.25) is 5.02 Å². The van der Waals surface area contributed by atoms with Gasteiger partial charge in [-0.25, -0.2) is 4.98 Å². The van der Waals surface area contributed by atoms with Gasteiger partial charge in [0, 0.05) is 26.6 Å². The van der Waals surface area contributed by atoms with Gasteiger partial charge in [0.2, 0.25) is 0 Å². The van der Waals surface area contributed by atoms with Crippen LogP contribution >= 0.6 is 23.4 Å². The minimum atomic E-state index is -2.90. The Morgan fingerprint density at radius 3 is 2.96 bits per heavy atom. The Morgan fingerprint density at radius 2 is 2.19 bits per heavy atom. The van der Waals surface area contributed by atoms with Crippen molar-refractivity contribution in [1.29, 1.82) is 0 Å². The summed E-state index contributed by atoms with van der Waals surface area (Å²) in [5.74, 6) is 1.05. The van der Waals surface area contributed by atoms with Crippen LogP contribution in [0.4, 0.5) is 8.78 Å². The third kappa shape index (κ3) is 2.63. The minimum absolute atomic E-state index is 0.0166. The van der Waals surface area contributed by atoms with E-state index in [1.54, 1.807) is 18.2 Å². The molecular weight excluding hydrogens is 394 g/mol. The van der Waals surface area contributed by atoms with Gasteiger partial charge < -0.3 is 14.4 Å². The number of benzene rings is 2. The van der Waals surface area contributed by atoms with Gasteiger partial charge in [-0.2, -0.15) is 8.78 Å². The molecule has 27 heavy (non-hydrogen) atoms. The molecule has 0 fully saturated rings. The largest absolute Gasteiger partial charge is 0.434 e. The van der Waals surface area contributed by atoms with Gasteiger partial charge in [-0.1, -0.05) is 17.7 Å². The highest BCUT2D eigenvalue weighted by Gasteiger charge is 2.44. The lowest BCUT2D eigenvalue weighted by molar-refractivity contribution is -0.0508. The highest BCUT2D eigenvalue weighted by molar-refractivity contribution is 8.00. The summed E-state index contributed by atoms with van der Waals surface area (Å²) in [5, 5.41) is 10.5. The molecule has 0 saturated carbocycles. The van der Waals surface area contributed by atoms with E-state index in [0.717, 1.165) is 27.3 Å². The Bertz CT molecular complexity index is 1040. The first-order chi connectivity index (χ1) is 13.1. The Balaban J connectivity index is 1.78. The summed E-state index contributed by atoms with van der Waals surface area (Å²) in [5.41, 5.74) is 2.40. The van der Waals surface area contributed by atoms with Gasteiger partial charge in [-0.15, -0.1) is 11.8 Å². The summed E-state index contributed by atoms with van der Waals surface area (Å²) in [6.45, 7) is -2.92. The van der Waals surface area contributed by atoms with Crippen LogP contribution in [-0.2, 0) is 0 Å². The van der Waals surface area contributed by atoms with Crippen molar-refractivity contribution in [2.75, 3.05) is 6.61 Å². The van der Waals surface area contributed by atoms with E-state index in [9.17, 15) is 13.9 Å². The van der Waals surface area contributed by atoms with Crippen molar-refractivity contribution in [3.05, 3.63) is 52.8 Å². The second-order valence-corrected chi connectivity index (χ2v) is 8.43. The third-order valence-corrected chi connectivity index (χ3v) is 6.91. The summed E-state index contributed by atoms with van der Waals surface area (Å²) in [6, 6.07) is 10.5. The van der Waals surface area contributed by atoms with Crippen LogP contribution in [0.25, 0.3) is 11.0 Å². The molecule has 3 aromatic rings. The van der Waals surface area contributed by atoms with E-state index in [4.69, 9.17) is 21.3 Å². The molecule has 2 aliphatic rings. The lowest BCUT2D eigenvalue weighted by Gasteiger charge is -2.23. The van der Waals surface area contributed by atoms with E-state index in [0.29, 0.717) is 11.4 Å². The molecular formula is C19H15ClF2N2O2S. The molecule has 5 rings (SSSR count). The van der Waals surface area contributed by atoms with Crippen LogP contribution in [0.1, 0.15) is 29.8 Å². The lowest BCUT2D eigenvalue weighted by atomic mass is 9.96. The zero-order valence-electron chi connectivity index (χ0n) is 14.0. The molecule has 0 saturated heterocycles. The van der Waals surface area contributed by atoms with Gasteiger partial charge in [0.1, 0.15) is 11.6 Å². The van der Waals surface area contributed by atoms with E-state index < -0.39 is 6.61 Å². The van der Waals surface area contributed by atoms with Crippen molar-refractivity contribution in [1.82, 2.24) is 9.55 Å². The first-order valence-corrected chi connectivity index (χ1v) is 9.85. The van der Waals surface area contributed by atoms with Crippen molar-refractivity contribution in [2.45, 2.75) is 35.1 Å². The zero-order valence-corrected chi connectivity index (χ0v) is 15.6. The molecule has 1 N–H and O–H groups in total. The average molecular weight is 409 g/mol. The number of thioether (sulfide) groups is 1. The molecule has 2 bridgehead atoms. The number of nitrogens with zero attached hydrogens (tertiary/aromatic N) is 2. The summed E-state index contributed by atoms with van der Waals surface area (Å²) in [4.78, 5) is 5.63. The van der Waals surface area contributed by atoms with Crippen molar-refractivity contribution in [2.24, 2.45) is 0 Å². The zero-order chi connectivity index (χ0) is 18.7. The van der Waals surface area contributed by atoms with Crippen LogP contribution in [0, 0.1) is 0 Å². The average Bonchev–Trinajstić information content (AvgIpc) is 3.10. The molecule has 0 radical (unpaired) electrons. The van der Waals surface area contributed by atoms with Crippen molar-refractivity contribution < 1.29 is 18.6 Å². The Kier molecular flexibility index (Phi) is 4.07. The van der Waals surface area contributed by atoms with Gasteiger partial charge in [-0.3, -0.25) is 0 Å². The van der Waals surface area contributed by atoms with Crippen LogP contribution in [0.3, 0.4) is 0 Å². The molecule has 0 aliphatic carbocycles. The lowest BCUT2D eigenvalue weighted by Crippen LogP contribution is -2.18. The third-order valence-electron chi connectivity index (χ3n) is 5.28. The fourth-order valence-electron chi connectivity index (χ4n) is 4.25. The maximum atomic E-state index is 13.0. The van der Waals surface area contributed by atoms with E-state index >= 15 is 0 Å². The van der Waals surface area contributed by atoms with Crippen molar-refractivity contribution in [3.8, 4) is 5.75 Å². The van der Waals surface area contributed by atoms with Gasteiger partial charge in [-0.05, 0) is 36.8 Å². The molecule has 8 heteroatoms. The summed E-state index contributed by atoms with van der Waals surface area (Å²) >= 11 is 7.70. The van der Waals surface area contributed by atoms with Gasteiger partial charge in [0.15, 0.2) is 0 Å². The molecule has 2 aliphatic heterocycles. The summed E-state index contributed by atoms with van der Waals surface area (Å²) in [6.07, 6.45) is 0.680. The predicted molar refractivity (Wildman–Crippen MR) is 100 cm³/mol. The smallest absolute Gasteiger partial charge is 0.387 e. The number of aromatic nitrogens is 2. The van der Waals surface area contributed by atoms with E-state index in [1.165, 1.54) is 11.8 Å². The highest BCUT2D eigenvalue weighted by Crippen LogP contribution is 2.55. The fraction of sp³-hybridized carbons (Fsp3) is 0.316. The summed E-state index contributed by atoms with van der Waals surface area (Å²) < 4.78 is 32.9. The predicted octanol–water partition coefficient (Wildman–Crippen LogP) is 4.83. The highest BCUT2D eigenvalue weighted by atomic mass is 35.5. The number of fused-ring (bicyclic) bond motifs is 9. The number of alkyl halides is 2. The SMILES string of the molecule is OCC1Sc2cccc(OC(F)F)c2[C@H]2C[C@H]1c1nc3ccc(Cl)cc3n12.